The number of aromatic amines is 1. The Kier molecular flexibility index (Phi) is 4.09. The molecule has 0 spiro atoms. The summed E-state index contributed by atoms with van der Waals surface area (Å²) in [5.74, 6) is 0.458. The van der Waals surface area contributed by atoms with Gasteiger partial charge in [-0.25, -0.2) is 0 Å². The monoisotopic (exact) mass is 326 g/mol. The van der Waals surface area contributed by atoms with Crippen LogP contribution in [0.5, 0.6) is 0 Å². The highest BCUT2D eigenvalue weighted by Crippen LogP contribution is 2.30. The van der Waals surface area contributed by atoms with Crippen molar-refractivity contribution in [2.45, 2.75) is 51.6 Å². The highest BCUT2D eigenvalue weighted by Gasteiger charge is 2.26. The van der Waals surface area contributed by atoms with Gasteiger partial charge in [-0.1, -0.05) is 0 Å². The summed E-state index contributed by atoms with van der Waals surface area (Å²) in [4.78, 5) is 18.3. The number of hydrogen-bond donors (Lipinski definition) is 2. The van der Waals surface area contributed by atoms with E-state index >= 15 is 0 Å². The Labute approximate surface area is 142 Å². The van der Waals surface area contributed by atoms with Gasteiger partial charge in [0.05, 0.1) is 6.10 Å². The van der Waals surface area contributed by atoms with E-state index in [9.17, 15) is 9.90 Å². The van der Waals surface area contributed by atoms with E-state index in [0.29, 0.717) is 5.92 Å². The van der Waals surface area contributed by atoms with Crippen LogP contribution in [0.3, 0.4) is 0 Å². The van der Waals surface area contributed by atoms with E-state index in [0.717, 1.165) is 49.9 Å². The number of nitrogens with zero attached hydrogens (tertiary/aromatic N) is 1. The van der Waals surface area contributed by atoms with Crippen LogP contribution in [0.4, 0.5) is 0 Å². The van der Waals surface area contributed by atoms with E-state index in [4.69, 9.17) is 0 Å². The van der Waals surface area contributed by atoms with Gasteiger partial charge < -0.3 is 15.0 Å². The number of carbonyl (C=O) groups is 1. The molecule has 0 radical (unpaired) electrons. The number of rotatable bonds is 2. The first-order chi connectivity index (χ1) is 11.6. The van der Waals surface area contributed by atoms with Crippen molar-refractivity contribution >= 4 is 16.8 Å². The third kappa shape index (κ3) is 2.73. The van der Waals surface area contributed by atoms with Crippen molar-refractivity contribution in [1.29, 1.82) is 0 Å². The molecule has 0 bridgehead atoms. The quantitative estimate of drug-likeness (QED) is 0.890. The third-order valence-corrected chi connectivity index (χ3v) is 5.85. The zero-order valence-electron chi connectivity index (χ0n) is 14.3. The van der Waals surface area contributed by atoms with Gasteiger partial charge in [0.25, 0.3) is 5.91 Å². The molecule has 1 aliphatic carbocycles. The Bertz CT molecular complexity index is 754. The molecule has 4 nitrogen and oxygen atoms in total. The minimum absolute atomic E-state index is 0.131. The Hall–Kier alpha value is -1.81. The first kappa shape index (κ1) is 15.7. The molecule has 1 fully saturated rings. The van der Waals surface area contributed by atoms with Gasteiger partial charge in [-0.05, 0) is 75.1 Å². The number of hydrogen-bond acceptors (Lipinski definition) is 2. The molecular weight excluding hydrogens is 300 g/mol. The topological polar surface area (TPSA) is 56.3 Å². The first-order valence-electron chi connectivity index (χ1n) is 9.24. The van der Waals surface area contributed by atoms with E-state index in [1.54, 1.807) is 0 Å². The Morgan fingerprint density at radius 3 is 2.75 bits per heavy atom. The maximum Gasteiger partial charge on any atom is 0.253 e. The van der Waals surface area contributed by atoms with Crippen LogP contribution in [0.25, 0.3) is 10.9 Å². The van der Waals surface area contributed by atoms with Crippen molar-refractivity contribution in [3.63, 3.8) is 0 Å². The van der Waals surface area contributed by atoms with Gasteiger partial charge in [0.15, 0.2) is 0 Å². The molecule has 2 aromatic rings. The highest BCUT2D eigenvalue weighted by molar-refractivity contribution is 5.99. The average Bonchev–Trinajstić information content (AvgIpc) is 2.99. The molecule has 1 saturated heterocycles. The number of fused-ring (bicyclic) bond motifs is 3. The SMILES string of the molecule is CC(O)C1CCN(C(=O)c2ccc3[nH]c4c(c3c2)CCCC4)CC1. The summed E-state index contributed by atoms with van der Waals surface area (Å²) in [5, 5.41) is 11.0. The molecule has 128 valence electrons. The molecular formula is C20H26N2O2. The lowest BCUT2D eigenvalue weighted by Gasteiger charge is -2.33. The highest BCUT2D eigenvalue weighted by atomic mass is 16.3. The Morgan fingerprint density at radius 2 is 2.00 bits per heavy atom. The van der Waals surface area contributed by atoms with Crippen LogP contribution < -0.4 is 0 Å². The Morgan fingerprint density at radius 1 is 1.25 bits per heavy atom. The van der Waals surface area contributed by atoms with Crippen LogP contribution in [0.15, 0.2) is 18.2 Å². The predicted octanol–water partition coefficient (Wildman–Crippen LogP) is 3.28. The van der Waals surface area contributed by atoms with Gasteiger partial charge >= 0.3 is 0 Å². The fourth-order valence-corrected chi connectivity index (χ4v) is 4.31. The summed E-state index contributed by atoms with van der Waals surface area (Å²) < 4.78 is 0. The lowest BCUT2D eigenvalue weighted by molar-refractivity contribution is 0.0521. The normalized spacial score (nSPS) is 20.2. The number of aliphatic hydroxyl groups excluding tert-OH is 1. The van der Waals surface area contributed by atoms with Crippen LogP contribution in [-0.4, -0.2) is 40.1 Å². The summed E-state index contributed by atoms with van der Waals surface area (Å²) in [7, 11) is 0. The van der Waals surface area contributed by atoms with Gasteiger partial charge in [-0.15, -0.1) is 0 Å². The number of piperidine rings is 1. The molecule has 24 heavy (non-hydrogen) atoms. The van der Waals surface area contributed by atoms with Crippen LogP contribution in [0.1, 0.15) is 54.2 Å². The lowest BCUT2D eigenvalue weighted by Crippen LogP contribution is -2.40. The number of likely N-dealkylation sites (tertiary alicyclic amines) is 1. The molecule has 1 amide bonds. The van der Waals surface area contributed by atoms with E-state index in [-0.39, 0.29) is 12.0 Å². The maximum atomic E-state index is 12.9. The molecule has 2 N–H and O–H groups in total. The largest absolute Gasteiger partial charge is 0.393 e. The van der Waals surface area contributed by atoms with Crippen molar-refractivity contribution in [2.24, 2.45) is 5.92 Å². The number of amides is 1. The second-order valence-electron chi connectivity index (χ2n) is 7.42. The first-order valence-corrected chi connectivity index (χ1v) is 9.24. The second kappa shape index (κ2) is 6.25. The number of aryl methyl sites for hydroxylation is 2. The smallest absolute Gasteiger partial charge is 0.253 e. The van der Waals surface area contributed by atoms with Gasteiger partial charge in [-0.3, -0.25) is 4.79 Å². The molecule has 4 heteroatoms. The van der Waals surface area contributed by atoms with Gasteiger partial charge in [-0.2, -0.15) is 0 Å². The second-order valence-corrected chi connectivity index (χ2v) is 7.42. The molecule has 1 aromatic heterocycles. The third-order valence-electron chi connectivity index (χ3n) is 5.85. The summed E-state index contributed by atoms with van der Waals surface area (Å²) >= 11 is 0. The summed E-state index contributed by atoms with van der Waals surface area (Å²) in [5.41, 5.74) is 4.73. The number of carbonyl (C=O) groups excluding carboxylic acids is 1. The summed E-state index contributed by atoms with van der Waals surface area (Å²) in [6, 6.07) is 6.09. The number of aliphatic hydroxyl groups is 1. The summed E-state index contributed by atoms with van der Waals surface area (Å²) in [6.07, 6.45) is 6.25. The molecule has 1 unspecified atom stereocenters. The van der Waals surface area contributed by atoms with Crippen molar-refractivity contribution in [2.75, 3.05) is 13.1 Å². The fraction of sp³-hybridized carbons (Fsp3) is 0.550. The van der Waals surface area contributed by atoms with E-state index < -0.39 is 0 Å². The number of benzene rings is 1. The Balaban J connectivity index is 1.57. The standard InChI is InChI=1S/C20H26N2O2/c1-13(23)14-8-10-22(11-9-14)20(24)15-6-7-19-17(12-15)16-4-2-3-5-18(16)21-19/h6-7,12-14,21,23H,2-5,8-11H2,1H3. The van der Waals surface area contributed by atoms with Gasteiger partial charge in [0.1, 0.15) is 0 Å². The maximum absolute atomic E-state index is 12.9. The molecule has 4 rings (SSSR count). The minimum Gasteiger partial charge on any atom is -0.393 e. The van der Waals surface area contributed by atoms with Gasteiger partial charge in [0.2, 0.25) is 0 Å². The van der Waals surface area contributed by atoms with Crippen LogP contribution in [0, 0.1) is 5.92 Å². The molecule has 1 aromatic carbocycles. The molecule has 1 aliphatic heterocycles. The van der Waals surface area contributed by atoms with Crippen molar-refractivity contribution in [1.82, 2.24) is 9.88 Å². The van der Waals surface area contributed by atoms with Crippen molar-refractivity contribution in [3.8, 4) is 0 Å². The lowest BCUT2D eigenvalue weighted by atomic mass is 9.91. The minimum atomic E-state index is -0.273. The number of H-pyrrole nitrogens is 1. The zero-order valence-corrected chi connectivity index (χ0v) is 14.3. The molecule has 1 atom stereocenters. The number of aromatic nitrogens is 1. The average molecular weight is 326 g/mol. The van der Waals surface area contributed by atoms with E-state index in [2.05, 4.69) is 17.1 Å². The van der Waals surface area contributed by atoms with Gasteiger partial charge in [0, 0.05) is 35.2 Å². The fourth-order valence-electron chi connectivity index (χ4n) is 4.31. The van der Waals surface area contributed by atoms with Crippen LogP contribution in [0.2, 0.25) is 0 Å². The van der Waals surface area contributed by atoms with E-state index in [1.807, 2.05) is 17.9 Å². The summed E-state index contributed by atoms with van der Waals surface area (Å²) in [6.45, 7) is 3.35. The van der Waals surface area contributed by atoms with Crippen LogP contribution >= 0.6 is 0 Å². The van der Waals surface area contributed by atoms with E-state index in [1.165, 1.54) is 29.5 Å². The number of nitrogens with one attached hydrogen (secondary N) is 1. The molecule has 2 aliphatic rings. The van der Waals surface area contributed by atoms with Crippen molar-refractivity contribution in [3.05, 3.63) is 35.0 Å². The van der Waals surface area contributed by atoms with Crippen LogP contribution in [-0.2, 0) is 12.8 Å². The van der Waals surface area contributed by atoms with Crippen molar-refractivity contribution < 1.29 is 9.90 Å². The predicted molar refractivity (Wildman–Crippen MR) is 95.2 cm³/mol. The zero-order chi connectivity index (χ0) is 16.7. The molecule has 0 saturated carbocycles. The molecule has 2 heterocycles.